The number of hydrogen-bond acceptors (Lipinski definition) is 1. The van der Waals surface area contributed by atoms with E-state index in [0.717, 1.165) is 24.1 Å². The fourth-order valence-corrected chi connectivity index (χ4v) is 2.19. The smallest absolute Gasteiger partial charge is 0.123 e. The first-order valence-electron chi connectivity index (χ1n) is 6.33. The summed E-state index contributed by atoms with van der Waals surface area (Å²) in [5.41, 5.74) is 2.16. The molecular formula is C16H17F2N. The Morgan fingerprint density at radius 3 is 1.95 bits per heavy atom. The van der Waals surface area contributed by atoms with Crippen LogP contribution < -0.4 is 5.32 Å². The maximum absolute atomic E-state index is 12.9. The predicted molar refractivity (Wildman–Crippen MR) is 73.2 cm³/mol. The molecule has 0 saturated carbocycles. The van der Waals surface area contributed by atoms with Gasteiger partial charge in [0, 0.05) is 12.5 Å². The Hall–Kier alpha value is -1.74. The molecule has 0 saturated heterocycles. The standard InChI is InChI=1S/C16H17F2N/c1-19-11-14(13-4-8-16(18)9-5-13)10-12-2-6-15(17)7-3-12/h2-9,14,19H,10-11H2,1H3. The summed E-state index contributed by atoms with van der Waals surface area (Å²) >= 11 is 0. The van der Waals surface area contributed by atoms with Crippen LogP contribution in [0.15, 0.2) is 48.5 Å². The molecule has 0 heterocycles. The Kier molecular flexibility index (Phi) is 4.63. The number of likely N-dealkylation sites (N-methyl/N-ethyl adjacent to an activating group) is 1. The summed E-state index contributed by atoms with van der Waals surface area (Å²) in [6.45, 7) is 0.795. The zero-order valence-corrected chi connectivity index (χ0v) is 10.9. The van der Waals surface area contributed by atoms with Crippen molar-refractivity contribution in [3.63, 3.8) is 0 Å². The zero-order chi connectivity index (χ0) is 13.7. The molecule has 2 aromatic carbocycles. The molecule has 100 valence electrons. The van der Waals surface area contributed by atoms with Gasteiger partial charge in [0.1, 0.15) is 11.6 Å². The lowest BCUT2D eigenvalue weighted by atomic mass is 9.92. The monoisotopic (exact) mass is 261 g/mol. The van der Waals surface area contributed by atoms with Gasteiger partial charge in [-0.1, -0.05) is 24.3 Å². The molecule has 1 N–H and O–H groups in total. The van der Waals surface area contributed by atoms with Crippen LogP contribution in [0.1, 0.15) is 17.0 Å². The Balaban J connectivity index is 2.15. The van der Waals surface area contributed by atoms with Crippen LogP contribution in [0.2, 0.25) is 0 Å². The lowest BCUT2D eigenvalue weighted by Crippen LogP contribution is -2.19. The second-order valence-corrected chi connectivity index (χ2v) is 4.64. The number of nitrogens with one attached hydrogen (secondary N) is 1. The average molecular weight is 261 g/mol. The summed E-state index contributed by atoms with van der Waals surface area (Å²) in [7, 11) is 1.89. The third kappa shape index (κ3) is 3.86. The van der Waals surface area contributed by atoms with Gasteiger partial charge in [0.25, 0.3) is 0 Å². The van der Waals surface area contributed by atoms with Crippen LogP contribution in [0.25, 0.3) is 0 Å². The van der Waals surface area contributed by atoms with Gasteiger partial charge in [0.05, 0.1) is 0 Å². The van der Waals surface area contributed by atoms with Gasteiger partial charge in [-0.2, -0.15) is 0 Å². The summed E-state index contributed by atoms with van der Waals surface area (Å²) in [4.78, 5) is 0. The third-order valence-electron chi connectivity index (χ3n) is 3.19. The molecule has 19 heavy (non-hydrogen) atoms. The first-order chi connectivity index (χ1) is 9.19. The Morgan fingerprint density at radius 2 is 1.42 bits per heavy atom. The van der Waals surface area contributed by atoms with Crippen molar-refractivity contribution in [2.24, 2.45) is 0 Å². The summed E-state index contributed by atoms with van der Waals surface area (Å²) in [6, 6.07) is 13.1. The van der Waals surface area contributed by atoms with Crippen LogP contribution in [-0.2, 0) is 6.42 Å². The quantitative estimate of drug-likeness (QED) is 0.868. The van der Waals surface area contributed by atoms with E-state index in [-0.39, 0.29) is 17.6 Å². The molecule has 0 spiro atoms. The maximum atomic E-state index is 12.9. The molecule has 0 aliphatic heterocycles. The van der Waals surface area contributed by atoms with Crippen molar-refractivity contribution in [1.29, 1.82) is 0 Å². The molecular weight excluding hydrogens is 244 g/mol. The fourth-order valence-electron chi connectivity index (χ4n) is 2.19. The Bertz CT molecular complexity index is 505. The number of hydrogen-bond donors (Lipinski definition) is 1. The van der Waals surface area contributed by atoms with Crippen molar-refractivity contribution < 1.29 is 8.78 Å². The molecule has 0 bridgehead atoms. The number of benzene rings is 2. The largest absolute Gasteiger partial charge is 0.319 e. The minimum absolute atomic E-state index is 0.226. The van der Waals surface area contributed by atoms with E-state index in [9.17, 15) is 8.78 Å². The summed E-state index contributed by atoms with van der Waals surface area (Å²) in [6.07, 6.45) is 0.798. The van der Waals surface area contributed by atoms with Gasteiger partial charge in [0.15, 0.2) is 0 Å². The lowest BCUT2D eigenvalue weighted by Gasteiger charge is -2.17. The van der Waals surface area contributed by atoms with Crippen molar-refractivity contribution in [3.8, 4) is 0 Å². The van der Waals surface area contributed by atoms with Gasteiger partial charge in [-0.05, 0) is 48.9 Å². The molecule has 1 atom stereocenters. The summed E-state index contributed by atoms with van der Waals surface area (Å²) < 4.78 is 25.8. The van der Waals surface area contributed by atoms with Crippen molar-refractivity contribution in [2.75, 3.05) is 13.6 Å². The second-order valence-electron chi connectivity index (χ2n) is 4.64. The Morgan fingerprint density at radius 1 is 0.895 bits per heavy atom. The first kappa shape index (κ1) is 13.7. The van der Waals surface area contributed by atoms with E-state index in [1.165, 1.54) is 24.3 Å². The third-order valence-corrected chi connectivity index (χ3v) is 3.19. The molecule has 0 aliphatic carbocycles. The number of halogens is 2. The summed E-state index contributed by atoms with van der Waals surface area (Å²) in [5.74, 6) is -0.208. The minimum atomic E-state index is -0.228. The van der Waals surface area contributed by atoms with Crippen LogP contribution in [-0.4, -0.2) is 13.6 Å². The number of rotatable bonds is 5. The van der Waals surface area contributed by atoms with Crippen LogP contribution in [0, 0.1) is 11.6 Å². The molecule has 0 aromatic heterocycles. The molecule has 1 unspecified atom stereocenters. The summed E-state index contributed by atoms with van der Waals surface area (Å²) in [5, 5.41) is 3.14. The van der Waals surface area contributed by atoms with E-state index in [0.29, 0.717) is 0 Å². The molecule has 1 nitrogen and oxygen atoms in total. The molecule has 3 heteroatoms. The van der Waals surface area contributed by atoms with Crippen LogP contribution in [0.3, 0.4) is 0 Å². The molecule has 0 fully saturated rings. The van der Waals surface area contributed by atoms with Crippen molar-refractivity contribution in [2.45, 2.75) is 12.3 Å². The zero-order valence-electron chi connectivity index (χ0n) is 10.9. The minimum Gasteiger partial charge on any atom is -0.319 e. The highest BCUT2D eigenvalue weighted by Gasteiger charge is 2.11. The molecule has 2 aromatic rings. The van der Waals surface area contributed by atoms with Crippen molar-refractivity contribution in [1.82, 2.24) is 5.32 Å². The first-order valence-corrected chi connectivity index (χ1v) is 6.33. The van der Waals surface area contributed by atoms with E-state index >= 15 is 0 Å². The highest BCUT2D eigenvalue weighted by atomic mass is 19.1. The predicted octanol–water partition coefficient (Wildman–Crippen LogP) is 3.51. The van der Waals surface area contributed by atoms with E-state index in [2.05, 4.69) is 5.32 Å². The second kappa shape index (κ2) is 6.43. The Labute approximate surface area is 112 Å². The van der Waals surface area contributed by atoms with Crippen LogP contribution >= 0.6 is 0 Å². The molecule has 2 rings (SSSR count). The molecule has 0 amide bonds. The average Bonchev–Trinajstić information content (AvgIpc) is 2.42. The molecule has 0 aliphatic rings. The highest BCUT2D eigenvalue weighted by Crippen LogP contribution is 2.21. The lowest BCUT2D eigenvalue weighted by molar-refractivity contribution is 0.607. The van der Waals surface area contributed by atoms with Crippen molar-refractivity contribution >= 4 is 0 Å². The van der Waals surface area contributed by atoms with Crippen molar-refractivity contribution in [3.05, 3.63) is 71.3 Å². The van der Waals surface area contributed by atoms with E-state index < -0.39 is 0 Å². The fraction of sp³-hybridized carbons (Fsp3) is 0.250. The SMILES string of the molecule is CNCC(Cc1ccc(F)cc1)c1ccc(F)cc1. The van der Waals surface area contributed by atoms with Gasteiger partial charge in [-0.3, -0.25) is 0 Å². The molecule has 0 radical (unpaired) electrons. The van der Waals surface area contributed by atoms with Gasteiger partial charge in [0.2, 0.25) is 0 Å². The van der Waals surface area contributed by atoms with Crippen LogP contribution in [0.5, 0.6) is 0 Å². The van der Waals surface area contributed by atoms with E-state index in [4.69, 9.17) is 0 Å². The van der Waals surface area contributed by atoms with Gasteiger partial charge >= 0.3 is 0 Å². The normalized spacial score (nSPS) is 12.4. The van der Waals surface area contributed by atoms with Gasteiger partial charge in [-0.25, -0.2) is 8.78 Å². The van der Waals surface area contributed by atoms with Gasteiger partial charge in [-0.15, -0.1) is 0 Å². The maximum Gasteiger partial charge on any atom is 0.123 e. The highest BCUT2D eigenvalue weighted by molar-refractivity contribution is 5.25. The van der Waals surface area contributed by atoms with E-state index in [1.54, 1.807) is 24.3 Å². The van der Waals surface area contributed by atoms with Gasteiger partial charge < -0.3 is 5.32 Å². The van der Waals surface area contributed by atoms with Crippen LogP contribution in [0.4, 0.5) is 8.78 Å². The van der Waals surface area contributed by atoms with E-state index in [1.807, 2.05) is 7.05 Å². The topological polar surface area (TPSA) is 12.0 Å².